The highest BCUT2D eigenvalue weighted by Crippen LogP contribution is 2.42. The third-order valence-corrected chi connectivity index (χ3v) is 4.47. The van der Waals surface area contributed by atoms with Crippen molar-refractivity contribution in [1.29, 1.82) is 0 Å². The molecule has 0 aromatic heterocycles. The van der Waals surface area contributed by atoms with Crippen molar-refractivity contribution in [3.8, 4) is 0 Å². The summed E-state index contributed by atoms with van der Waals surface area (Å²) in [5.74, 6) is 1.55. The fourth-order valence-electron chi connectivity index (χ4n) is 3.28. The first-order valence-electron chi connectivity index (χ1n) is 6.89. The van der Waals surface area contributed by atoms with Crippen molar-refractivity contribution in [2.24, 2.45) is 11.8 Å². The lowest BCUT2D eigenvalue weighted by atomic mass is 9.71. The molecule has 3 unspecified atom stereocenters. The van der Waals surface area contributed by atoms with E-state index in [-0.39, 0.29) is 5.82 Å². The molecule has 1 N–H and O–H groups in total. The minimum atomic E-state index is -0.137. The molecule has 0 bridgehead atoms. The zero-order valence-corrected chi connectivity index (χ0v) is 10.8. The molecule has 1 nitrogen and oxygen atoms in total. The maximum absolute atomic E-state index is 13.0. The smallest absolute Gasteiger partial charge is 0.123 e. The third kappa shape index (κ3) is 2.22. The van der Waals surface area contributed by atoms with Crippen LogP contribution >= 0.6 is 0 Å². The van der Waals surface area contributed by atoms with E-state index in [1.165, 1.54) is 18.4 Å². The molecule has 0 radical (unpaired) electrons. The average Bonchev–Trinajstić information content (AvgIpc) is 2.68. The van der Waals surface area contributed by atoms with E-state index in [9.17, 15) is 4.39 Å². The fourth-order valence-corrected chi connectivity index (χ4v) is 3.28. The van der Waals surface area contributed by atoms with Crippen LogP contribution in [-0.4, -0.2) is 12.6 Å². The van der Waals surface area contributed by atoms with Gasteiger partial charge in [0.05, 0.1) is 0 Å². The minimum Gasteiger partial charge on any atom is -0.313 e. The predicted molar refractivity (Wildman–Crippen MR) is 72.0 cm³/mol. The quantitative estimate of drug-likeness (QED) is 0.803. The van der Waals surface area contributed by atoms with Crippen LogP contribution in [0.5, 0.6) is 0 Å². The molecule has 0 heterocycles. The summed E-state index contributed by atoms with van der Waals surface area (Å²) in [6.45, 7) is 2.98. The molecule has 18 heavy (non-hydrogen) atoms. The fraction of sp³-hybridized carbons (Fsp3) is 0.500. The molecule has 2 aliphatic rings. The summed E-state index contributed by atoms with van der Waals surface area (Å²) in [7, 11) is 0. The summed E-state index contributed by atoms with van der Waals surface area (Å²) in [6, 6.07) is 5.76. The number of nitrogens with one attached hydrogen (secondary N) is 1. The molecule has 96 valence electrons. The highest BCUT2D eigenvalue weighted by atomic mass is 19.1. The van der Waals surface area contributed by atoms with Gasteiger partial charge in [-0.1, -0.05) is 18.2 Å². The van der Waals surface area contributed by atoms with E-state index >= 15 is 0 Å². The van der Waals surface area contributed by atoms with E-state index in [1.807, 2.05) is 13.0 Å². The van der Waals surface area contributed by atoms with Gasteiger partial charge in [-0.2, -0.15) is 0 Å². The van der Waals surface area contributed by atoms with E-state index in [0.717, 1.165) is 30.4 Å². The molecule has 1 aromatic carbocycles. The molecule has 1 saturated carbocycles. The number of aryl methyl sites for hydroxylation is 1. The molecule has 3 rings (SSSR count). The van der Waals surface area contributed by atoms with Gasteiger partial charge in [-0.05, 0) is 67.8 Å². The number of fused-ring (bicyclic) bond motifs is 1. The van der Waals surface area contributed by atoms with Gasteiger partial charge in [0.1, 0.15) is 5.82 Å². The molecule has 0 spiro atoms. The Morgan fingerprint density at radius 1 is 1.39 bits per heavy atom. The Kier molecular flexibility index (Phi) is 3.21. The normalized spacial score (nSPS) is 29.1. The van der Waals surface area contributed by atoms with Crippen molar-refractivity contribution in [1.82, 2.24) is 5.32 Å². The maximum atomic E-state index is 13.0. The van der Waals surface area contributed by atoms with E-state index in [4.69, 9.17) is 0 Å². The monoisotopic (exact) mass is 245 g/mol. The summed E-state index contributed by atoms with van der Waals surface area (Å²) in [6.07, 6.45) is 8.28. The Balaban J connectivity index is 1.48. The average molecular weight is 245 g/mol. The zero-order chi connectivity index (χ0) is 12.5. The number of rotatable bonds is 4. The maximum Gasteiger partial charge on any atom is 0.123 e. The first-order chi connectivity index (χ1) is 8.74. The summed E-state index contributed by atoms with van der Waals surface area (Å²) in [5, 5.41) is 3.64. The molecule has 1 aromatic rings. The SMILES string of the molecule is Cc1cc(F)ccc1CCNC1CC2CC=CC21. The first kappa shape index (κ1) is 11.9. The van der Waals surface area contributed by atoms with Gasteiger partial charge in [-0.25, -0.2) is 4.39 Å². The van der Waals surface area contributed by atoms with Crippen molar-refractivity contribution in [2.75, 3.05) is 6.54 Å². The number of benzene rings is 1. The van der Waals surface area contributed by atoms with Crippen molar-refractivity contribution >= 4 is 0 Å². The van der Waals surface area contributed by atoms with Crippen molar-refractivity contribution in [2.45, 2.75) is 32.2 Å². The molecule has 3 atom stereocenters. The van der Waals surface area contributed by atoms with Gasteiger partial charge in [0.25, 0.3) is 0 Å². The van der Waals surface area contributed by atoms with Crippen LogP contribution in [0.3, 0.4) is 0 Å². The lowest BCUT2D eigenvalue weighted by molar-refractivity contribution is 0.164. The molecule has 2 heteroatoms. The summed E-state index contributed by atoms with van der Waals surface area (Å²) >= 11 is 0. The van der Waals surface area contributed by atoms with Gasteiger partial charge in [0.2, 0.25) is 0 Å². The van der Waals surface area contributed by atoms with E-state index < -0.39 is 0 Å². The second-order valence-corrected chi connectivity index (χ2v) is 5.62. The second kappa shape index (κ2) is 4.85. The Labute approximate surface area is 108 Å². The van der Waals surface area contributed by atoms with Crippen LogP contribution in [0.15, 0.2) is 30.4 Å². The van der Waals surface area contributed by atoms with Crippen LogP contribution < -0.4 is 5.32 Å². The van der Waals surface area contributed by atoms with E-state index in [1.54, 1.807) is 12.1 Å². The van der Waals surface area contributed by atoms with Gasteiger partial charge in [0.15, 0.2) is 0 Å². The number of allylic oxidation sites excluding steroid dienone is 1. The Morgan fingerprint density at radius 2 is 2.28 bits per heavy atom. The molecule has 0 saturated heterocycles. The van der Waals surface area contributed by atoms with Gasteiger partial charge >= 0.3 is 0 Å². The molecule has 2 aliphatic carbocycles. The molecule has 1 fully saturated rings. The lowest BCUT2D eigenvalue weighted by Gasteiger charge is -2.40. The highest BCUT2D eigenvalue weighted by Gasteiger charge is 2.40. The molecular weight excluding hydrogens is 225 g/mol. The highest BCUT2D eigenvalue weighted by molar-refractivity contribution is 5.26. The summed E-state index contributed by atoms with van der Waals surface area (Å²) < 4.78 is 13.0. The Bertz CT molecular complexity index is 466. The van der Waals surface area contributed by atoms with Crippen LogP contribution in [0.1, 0.15) is 24.0 Å². The Morgan fingerprint density at radius 3 is 3.06 bits per heavy atom. The molecule has 0 aliphatic heterocycles. The van der Waals surface area contributed by atoms with Gasteiger partial charge < -0.3 is 5.32 Å². The number of halogens is 1. The molecule has 0 amide bonds. The largest absolute Gasteiger partial charge is 0.313 e. The zero-order valence-electron chi connectivity index (χ0n) is 10.8. The van der Waals surface area contributed by atoms with Crippen LogP contribution in [0.4, 0.5) is 4.39 Å². The topological polar surface area (TPSA) is 12.0 Å². The summed E-state index contributed by atoms with van der Waals surface area (Å²) in [4.78, 5) is 0. The van der Waals surface area contributed by atoms with E-state index in [0.29, 0.717) is 6.04 Å². The van der Waals surface area contributed by atoms with Crippen LogP contribution in [0, 0.1) is 24.6 Å². The van der Waals surface area contributed by atoms with E-state index in [2.05, 4.69) is 17.5 Å². The molecular formula is C16H20FN. The van der Waals surface area contributed by atoms with Gasteiger partial charge in [-0.3, -0.25) is 0 Å². The minimum absolute atomic E-state index is 0.137. The third-order valence-electron chi connectivity index (χ3n) is 4.47. The van der Waals surface area contributed by atoms with Crippen molar-refractivity contribution in [3.05, 3.63) is 47.3 Å². The standard InChI is InChI=1S/C16H20FN/c1-11-9-14(17)6-5-12(11)7-8-18-16-10-13-3-2-4-15(13)16/h2,4-6,9,13,15-16,18H,3,7-8,10H2,1H3. The van der Waals surface area contributed by atoms with Crippen molar-refractivity contribution in [3.63, 3.8) is 0 Å². The van der Waals surface area contributed by atoms with Crippen LogP contribution in [0.2, 0.25) is 0 Å². The second-order valence-electron chi connectivity index (χ2n) is 5.62. The number of hydrogen-bond acceptors (Lipinski definition) is 1. The van der Waals surface area contributed by atoms with Crippen LogP contribution in [0.25, 0.3) is 0 Å². The lowest BCUT2D eigenvalue weighted by Crippen LogP contribution is -2.48. The predicted octanol–water partition coefficient (Wildman–Crippen LogP) is 3.23. The summed E-state index contributed by atoms with van der Waals surface area (Å²) in [5.41, 5.74) is 2.31. The first-order valence-corrected chi connectivity index (χ1v) is 6.89. The van der Waals surface area contributed by atoms with Gasteiger partial charge in [0, 0.05) is 6.04 Å². The Hall–Kier alpha value is -1.15. The van der Waals surface area contributed by atoms with Crippen LogP contribution in [-0.2, 0) is 6.42 Å². The van der Waals surface area contributed by atoms with Gasteiger partial charge in [-0.15, -0.1) is 0 Å². The van der Waals surface area contributed by atoms with Crippen molar-refractivity contribution < 1.29 is 4.39 Å². The number of hydrogen-bond donors (Lipinski definition) is 1.